The molecule has 1 amide bonds. The number of hydrogen-bond acceptors (Lipinski definition) is 5. The van der Waals surface area contributed by atoms with E-state index >= 15 is 0 Å². The minimum Gasteiger partial charge on any atom is -0.491 e. The minimum absolute atomic E-state index is 0.0723. The van der Waals surface area contributed by atoms with E-state index in [9.17, 15) is 4.79 Å². The molecule has 174 valence electrons. The number of rotatable bonds is 6. The molecular weight excluding hydrogens is 446 g/mol. The zero-order valence-corrected chi connectivity index (χ0v) is 20.5. The summed E-state index contributed by atoms with van der Waals surface area (Å²) in [5, 5.41) is 5.94. The predicted octanol–water partition coefficient (Wildman–Crippen LogP) is 6.42. The number of thiocarbonyl (C=S) groups is 1. The van der Waals surface area contributed by atoms with E-state index in [1.807, 2.05) is 44.2 Å². The Hall–Kier alpha value is -3.71. The van der Waals surface area contributed by atoms with Crippen LogP contribution in [0.15, 0.2) is 65.1 Å². The third-order valence-corrected chi connectivity index (χ3v) is 5.84. The monoisotopic (exact) mass is 473 g/mol. The van der Waals surface area contributed by atoms with E-state index in [1.54, 1.807) is 18.2 Å². The average Bonchev–Trinajstić information content (AvgIpc) is 3.24. The molecule has 4 aromatic rings. The summed E-state index contributed by atoms with van der Waals surface area (Å²) in [6.07, 6.45) is 0.954. The first-order valence-corrected chi connectivity index (χ1v) is 11.6. The van der Waals surface area contributed by atoms with Crippen molar-refractivity contribution >= 4 is 40.0 Å². The number of nitrogens with one attached hydrogen (secondary N) is 2. The minimum atomic E-state index is -0.313. The molecule has 0 fully saturated rings. The summed E-state index contributed by atoms with van der Waals surface area (Å²) in [5.74, 6) is 0.897. The molecule has 0 spiro atoms. The summed E-state index contributed by atoms with van der Waals surface area (Å²) >= 11 is 5.35. The largest absolute Gasteiger partial charge is 0.491 e. The highest BCUT2D eigenvalue weighted by Gasteiger charge is 2.13. The maximum absolute atomic E-state index is 12.7. The van der Waals surface area contributed by atoms with Crippen LogP contribution in [0.1, 0.15) is 41.8 Å². The quantitative estimate of drug-likeness (QED) is 0.315. The van der Waals surface area contributed by atoms with Crippen LogP contribution in [0.3, 0.4) is 0 Å². The Balaban J connectivity index is 1.44. The number of fused-ring (bicyclic) bond motifs is 1. The molecule has 0 aliphatic carbocycles. The molecule has 0 radical (unpaired) electrons. The third kappa shape index (κ3) is 5.43. The van der Waals surface area contributed by atoms with Gasteiger partial charge in [0.05, 0.1) is 6.10 Å². The number of ether oxygens (including phenoxy) is 1. The summed E-state index contributed by atoms with van der Waals surface area (Å²) in [5.41, 5.74) is 5.86. The highest BCUT2D eigenvalue weighted by molar-refractivity contribution is 7.80. The molecule has 1 atom stereocenters. The molecular formula is C27H27N3O3S. The second-order valence-electron chi connectivity index (χ2n) is 8.27. The van der Waals surface area contributed by atoms with Crippen molar-refractivity contribution in [3.05, 3.63) is 77.4 Å². The van der Waals surface area contributed by atoms with Crippen LogP contribution in [-0.2, 0) is 0 Å². The van der Waals surface area contributed by atoms with Gasteiger partial charge in [-0.2, -0.15) is 0 Å². The van der Waals surface area contributed by atoms with Crippen LogP contribution >= 0.6 is 12.2 Å². The Morgan fingerprint density at radius 2 is 1.91 bits per heavy atom. The first kappa shape index (κ1) is 23.4. The highest BCUT2D eigenvalue weighted by atomic mass is 32.1. The van der Waals surface area contributed by atoms with Crippen molar-refractivity contribution in [3.8, 4) is 17.2 Å². The molecule has 34 heavy (non-hydrogen) atoms. The molecule has 1 aromatic heterocycles. The number of carbonyl (C=O) groups is 1. The van der Waals surface area contributed by atoms with Crippen molar-refractivity contribution in [3.63, 3.8) is 0 Å². The van der Waals surface area contributed by atoms with Gasteiger partial charge < -0.3 is 14.5 Å². The van der Waals surface area contributed by atoms with Crippen LogP contribution in [0.25, 0.3) is 22.6 Å². The molecule has 7 heteroatoms. The average molecular weight is 474 g/mol. The molecule has 6 nitrogen and oxygen atoms in total. The van der Waals surface area contributed by atoms with Crippen molar-refractivity contribution in [2.45, 2.75) is 40.2 Å². The van der Waals surface area contributed by atoms with Gasteiger partial charge in [0.1, 0.15) is 11.3 Å². The standard InChI is InChI=1S/C27H27N3O3S/c1-5-18(4)32-22-8-6-7-19(14-22)25(31)30-27(34)28-21-11-12-24-23(15-21)29-26(33-24)20-10-9-16(2)17(3)13-20/h6-15,18H,5H2,1-4H3,(H2,28,30,31,34)/t18-/m0/s1. The number of carbonyl (C=O) groups excluding carboxylic acids is 1. The van der Waals surface area contributed by atoms with Crippen LogP contribution < -0.4 is 15.4 Å². The lowest BCUT2D eigenvalue weighted by atomic mass is 10.1. The Labute approximate surface area is 204 Å². The van der Waals surface area contributed by atoms with Crippen LogP contribution in [0.2, 0.25) is 0 Å². The molecule has 1 heterocycles. The predicted molar refractivity (Wildman–Crippen MR) is 139 cm³/mol. The van der Waals surface area contributed by atoms with E-state index < -0.39 is 0 Å². The Bertz CT molecular complexity index is 1360. The van der Waals surface area contributed by atoms with Crippen molar-refractivity contribution in [1.29, 1.82) is 0 Å². The zero-order valence-electron chi connectivity index (χ0n) is 19.6. The van der Waals surface area contributed by atoms with Gasteiger partial charge in [0, 0.05) is 16.8 Å². The smallest absolute Gasteiger partial charge is 0.257 e. The Morgan fingerprint density at radius 1 is 1.09 bits per heavy atom. The van der Waals surface area contributed by atoms with Gasteiger partial charge in [-0.25, -0.2) is 4.98 Å². The summed E-state index contributed by atoms with van der Waals surface area (Å²) in [6.45, 7) is 8.17. The molecule has 0 aliphatic heterocycles. The fourth-order valence-electron chi connectivity index (χ4n) is 3.37. The number of hydrogen-bond donors (Lipinski definition) is 2. The summed E-state index contributed by atoms with van der Waals surface area (Å²) in [4.78, 5) is 17.3. The summed E-state index contributed by atoms with van der Waals surface area (Å²) in [6, 6.07) is 18.7. The highest BCUT2D eigenvalue weighted by Crippen LogP contribution is 2.27. The van der Waals surface area contributed by atoms with Gasteiger partial charge in [-0.15, -0.1) is 0 Å². The number of aryl methyl sites for hydroxylation is 2. The SMILES string of the molecule is CC[C@H](C)Oc1cccc(C(=O)NC(=S)Nc2ccc3oc(-c4ccc(C)c(C)c4)nc3c2)c1. The van der Waals surface area contributed by atoms with E-state index in [-0.39, 0.29) is 17.1 Å². The summed E-state index contributed by atoms with van der Waals surface area (Å²) < 4.78 is 11.7. The molecule has 3 aromatic carbocycles. The normalized spacial score (nSPS) is 11.8. The lowest BCUT2D eigenvalue weighted by Crippen LogP contribution is -2.34. The van der Waals surface area contributed by atoms with Gasteiger partial charge in [-0.1, -0.05) is 19.1 Å². The van der Waals surface area contributed by atoms with Gasteiger partial charge in [0.25, 0.3) is 5.91 Å². The van der Waals surface area contributed by atoms with Crippen molar-refractivity contribution < 1.29 is 13.9 Å². The third-order valence-electron chi connectivity index (χ3n) is 5.63. The van der Waals surface area contributed by atoms with Gasteiger partial charge >= 0.3 is 0 Å². The first-order chi connectivity index (χ1) is 16.3. The van der Waals surface area contributed by atoms with E-state index in [1.165, 1.54) is 11.1 Å². The zero-order chi connectivity index (χ0) is 24.2. The molecule has 0 aliphatic rings. The maximum Gasteiger partial charge on any atom is 0.257 e. The topological polar surface area (TPSA) is 76.4 Å². The van der Waals surface area contributed by atoms with E-state index in [2.05, 4.69) is 41.6 Å². The van der Waals surface area contributed by atoms with Crippen LogP contribution in [0.5, 0.6) is 5.75 Å². The number of nitrogens with zero attached hydrogens (tertiary/aromatic N) is 1. The van der Waals surface area contributed by atoms with Crippen LogP contribution in [-0.4, -0.2) is 22.1 Å². The Kier molecular flexibility index (Phi) is 6.93. The van der Waals surface area contributed by atoms with Crippen LogP contribution in [0.4, 0.5) is 5.69 Å². The lowest BCUT2D eigenvalue weighted by Gasteiger charge is -2.14. The molecule has 0 saturated heterocycles. The lowest BCUT2D eigenvalue weighted by molar-refractivity contribution is 0.0977. The summed E-state index contributed by atoms with van der Waals surface area (Å²) in [7, 11) is 0. The fourth-order valence-corrected chi connectivity index (χ4v) is 3.58. The molecule has 4 rings (SSSR count). The van der Waals surface area contributed by atoms with E-state index in [0.29, 0.717) is 34.0 Å². The fraction of sp³-hybridized carbons (Fsp3) is 0.222. The van der Waals surface area contributed by atoms with Gasteiger partial charge in [0.2, 0.25) is 5.89 Å². The second kappa shape index (κ2) is 10.1. The molecule has 0 saturated carbocycles. The number of anilines is 1. The van der Waals surface area contributed by atoms with Crippen molar-refractivity contribution in [2.75, 3.05) is 5.32 Å². The first-order valence-electron chi connectivity index (χ1n) is 11.2. The van der Waals surface area contributed by atoms with E-state index in [0.717, 1.165) is 12.0 Å². The molecule has 0 unspecified atom stereocenters. The van der Waals surface area contributed by atoms with Crippen molar-refractivity contribution in [1.82, 2.24) is 10.3 Å². The number of benzene rings is 3. The number of aromatic nitrogens is 1. The Morgan fingerprint density at radius 3 is 2.68 bits per heavy atom. The number of amides is 1. The van der Waals surface area contributed by atoms with Crippen molar-refractivity contribution in [2.24, 2.45) is 0 Å². The van der Waals surface area contributed by atoms with Gasteiger partial charge in [0.15, 0.2) is 10.7 Å². The van der Waals surface area contributed by atoms with Gasteiger partial charge in [-0.05, 0) is 99.1 Å². The molecule has 2 N–H and O–H groups in total. The van der Waals surface area contributed by atoms with Gasteiger partial charge in [-0.3, -0.25) is 10.1 Å². The maximum atomic E-state index is 12.7. The second-order valence-corrected chi connectivity index (χ2v) is 8.68. The van der Waals surface area contributed by atoms with E-state index in [4.69, 9.17) is 21.4 Å². The van der Waals surface area contributed by atoms with Crippen LogP contribution in [0, 0.1) is 13.8 Å². The number of oxazole rings is 1. The molecule has 0 bridgehead atoms.